The Morgan fingerprint density at radius 3 is 2.05 bits per heavy atom. The van der Waals surface area contributed by atoms with Crippen LogP contribution in [0.3, 0.4) is 0 Å². The van der Waals surface area contributed by atoms with Gasteiger partial charge >= 0.3 is 11.4 Å². The number of primary amides is 1. The lowest BCUT2D eigenvalue weighted by atomic mass is 9.75. The number of nitrogens with two attached hydrogens (primary N) is 1. The molecule has 16 nitrogen and oxygen atoms in total. The second-order valence-corrected chi connectivity index (χ2v) is 21.5. The summed E-state index contributed by atoms with van der Waals surface area (Å²) in [6.07, 6.45) is 4.95. The molecule has 1 saturated heterocycles. The first-order valence-electron chi connectivity index (χ1n) is 26.0. The van der Waals surface area contributed by atoms with E-state index < -0.39 is 17.0 Å². The second kappa shape index (κ2) is 20.5. The number of carbonyl (C=O) groups is 1. The predicted molar refractivity (Wildman–Crippen MR) is 291 cm³/mol. The minimum atomic E-state index is -0.643. The molecule has 12 rings (SSSR count). The minimum Gasteiger partial charge on any atom is -0.379 e. The van der Waals surface area contributed by atoms with Crippen molar-refractivity contribution in [2.45, 2.75) is 76.0 Å². The molecule has 0 radical (unpaired) electrons. The van der Waals surface area contributed by atoms with E-state index in [0.717, 1.165) is 105 Å². The van der Waals surface area contributed by atoms with E-state index in [1.165, 1.54) is 25.1 Å². The molecule has 75 heavy (non-hydrogen) atoms. The molecular weight excluding hydrogens is 988 g/mol. The van der Waals surface area contributed by atoms with E-state index in [1.54, 1.807) is 9.58 Å². The van der Waals surface area contributed by atoms with Gasteiger partial charge in [-0.25, -0.2) is 24.3 Å². The van der Waals surface area contributed by atoms with Crippen molar-refractivity contribution in [1.82, 2.24) is 33.6 Å². The van der Waals surface area contributed by atoms with Crippen molar-refractivity contribution in [3.05, 3.63) is 192 Å². The van der Waals surface area contributed by atoms with Crippen molar-refractivity contribution in [2.75, 3.05) is 49.4 Å². The number of hydrogen-bond acceptors (Lipinski definition) is 11. The molecule has 5 heterocycles. The van der Waals surface area contributed by atoms with E-state index in [9.17, 15) is 14.4 Å². The summed E-state index contributed by atoms with van der Waals surface area (Å²) in [5, 5.41) is 25.4. The van der Waals surface area contributed by atoms with Crippen LogP contribution in [0.2, 0.25) is 10.0 Å². The summed E-state index contributed by atoms with van der Waals surface area (Å²) in [6, 6.07) is 42.3. The highest BCUT2D eigenvalue weighted by Crippen LogP contribution is 2.46. The number of hydrazone groups is 2. The lowest BCUT2D eigenvalue weighted by Crippen LogP contribution is -2.38. The quantitative estimate of drug-likeness (QED) is 0.115. The molecule has 2 fully saturated rings. The predicted octanol–water partition coefficient (Wildman–Crippen LogP) is 7.64. The Kier molecular flexibility index (Phi) is 13.4. The molecule has 2 aliphatic carbocycles. The zero-order chi connectivity index (χ0) is 51.2. The van der Waals surface area contributed by atoms with Crippen LogP contribution in [0.1, 0.15) is 71.4 Å². The molecule has 0 unspecified atom stereocenters. The third-order valence-electron chi connectivity index (χ3n) is 15.9. The number of aromatic nitrogens is 6. The number of amides is 1. The Bertz CT molecular complexity index is 3410. The van der Waals surface area contributed by atoms with E-state index in [1.807, 2.05) is 83.9 Å². The summed E-state index contributed by atoms with van der Waals surface area (Å²) in [4.78, 5) is 44.1. The van der Waals surface area contributed by atoms with E-state index >= 15 is 0 Å². The summed E-state index contributed by atoms with van der Waals surface area (Å²) < 4.78 is 11.7. The SMILES string of the molecule is NC(=O)Cn1c(N2C[C@@]3(CCc4ccccc43)C(c3ccc(Cl)cc3)=N2)nn(CC2CCC(Cn3c(N4C[C@@H](c5ccccc5)C(c5ccc(Cl)cc5)=N4)nn(-c4ccc(CN5CCOCC5)cc4)c3=O)CC2)c1=O. The number of anilines is 2. The molecule has 3 aliphatic heterocycles. The maximum Gasteiger partial charge on any atom is 0.352 e. The van der Waals surface area contributed by atoms with Crippen LogP contribution in [0.25, 0.3) is 5.69 Å². The molecule has 5 aromatic carbocycles. The van der Waals surface area contributed by atoms with Gasteiger partial charge in [-0.3, -0.25) is 18.8 Å². The Hall–Kier alpha value is -7.11. The van der Waals surface area contributed by atoms with Crippen molar-refractivity contribution in [1.29, 1.82) is 0 Å². The number of rotatable bonds is 14. The molecule has 2 N–H and O–H groups in total. The monoisotopic (exact) mass is 1040 g/mol. The summed E-state index contributed by atoms with van der Waals surface area (Å²) in [6.45, 7) is 5.43. The van der Waals surface area contributed by atoms with Gasteiger partial charge < -0.3 is 10.5 Å². The normalized spacial score (nSPS) is 21.7. The van der Waals surface area contributed by atoms with Crippen molar-refractivity contribution in [3.8, 4) is 5.69 Å². The number of benzene rings is 5. The molecule has 1 saturated carbocycles. The first-order chi connectivity index (χ1) is 36.6. The fraction of sp³-hybridized carbons (Fsp3) is 0.351. The molecule has 2 aromatic heterocycles. The zero-order valence-electron chi connectivity index (χ0n) is 41.6. The minimum absolute atomic E-state index is 0.0882. The Morgan fingerprint density at radius 1 is 0.693 bits per heavy atom. The van der Waals surface area contributed by atoms with Crippen LogP contribution < -0.4 is 27.1 Å². The van der Waals surface area contributed by atoms with E-state index in [2.05, 4.69) is 53.4 Å². The summed E-state index contributed by atoms with van der Waals surface area (Å²) >= 11 is 12.7. The maximum atomic E-state index is 14.8. The van der Waals surface area contributed by atoms with Gasteiger partial charge in [-0.1, -0.05) is 114 Å². The van der Waals surface area contributed by atoms with E-state index in [4.69, 9.17) is 54.1 Å². The fourth-order valence-electron chi connectivity index (χ4n) is 12.0. The Balaban J connectivity index is 0.813. The Labute approximate surface area is 444 Å². The van der Waals surface area contributed by atoms with Gasteiger partial charge in [-0.05, 0) is 120 Å². The van der Waals surface area contributed by atoms with Crippen LogP contribution in [0.15, 0.2) is 147 Å². The van der Waals surface area contributed by atoms with Gasteiger partial charge in [0.15, 0.2) is 0 Å². The average Bonchev–Trinajstić information content (AvgIpc) is 4.31. The van der Waals surface area contributed by atoms with Crippen molar-refractivity contribution < 1.29 is 9.53 Å². The second-order valence-electron chi connectivity index (χ2n) is 20.7. The highest BCUT2D eigenvalue weighted by Gasteiger charge is 2.50. The lowest BCUT2D eigenvalue weighted by Gasteiger charge is -2.28. The molecular formula is C57H58Cl2N12O4. The van der Waals surface area contributed by atoms with Crippen LogP contribution in [-0.2, 0) is 47.5 Å². The summed E-state index contributed by atoms with van der Waals surface area (Å²) in [5.74, 6) is 0.304. The van der Waals surface area contributed by atoms with Gasteiger partial charge in [0, 0.05) is 48.7 Å². The fourth-order valence-corrected chi connectivity index (χ4v) is 12.2. The number of hydrogen-bond donors (Lipinski definition) is 1. The van der Waals surface area contributed by atoms with Crippen LogP contribution >= 0.6 is 23.2 Å². The topological polar surface area (TPSA) is 166 Å². The summed E-state index contributed by atoms with van der Waals surface area (Å²) in [7, 11) is 0. The molecule has 2 atom stereocenters. The highest BCUT2D eigenvalue weighted by atomic mass is 35.5. The zero-order valence-corrected chi connectivity index (χ0v) is 43.1. The van der Waals surface area contributed by atoms with Gasteiger partial charge in [-0.2, -0.15) is 14.9 Å². The van der Waals surface area contributed by atoms with Gasteiger partial charge in [0.25, 0.3) is 0 Å². The van der Waals surface area contributed by atoms with Crippen LogP contribution in [0.5, 0.6) is 0 Å². The van der Waals surface area contributed by atoms with Crippen molar-refractivity contribution in [3.63, 3.8) is 0 Å². The smallest absolute Gasteiger partial charge is 0.352 e. The van der Waals surface area contributed by atoms with Gasteiger partial charge in [0.2, 0.25) is 17.8 Å². The van der Waals surface area contributed by atoms with Crippen molar-refractivity contribution in [2.24, 2.45) is 27.8 Å². The first kappa shape index (κ1) is 48.8. The number of morpholine rings is 1. The third kappa shape index (κ3) is 9.64. The molecule has 0 bridgehead atoms. The number of aryl methyl sites for hydroxylation is 1. The average molecular weight is 1050 g/mol. The number of fused-ring (bicyclic) bond motifs is 2. The van der Waals surface area contributed by atoms with Crippen molar-refractivity contribution >= 4 is 52.4 Å². The van der Waals surface area contributed by atoms with Crippen LogP contribution in [0.4, 0.5) is 11.9 Å². The standard InChI is InChI=1S/C57H58Cl2N12O4/c58-45-20-16-43(17-21-45)51-48(41-6-2-1-3-7-41)35-68(61-51)54-64-71(47-24-14-38(15-25-47)32-65-28-30-75-31-29-65)56(74)66(54)33-39-10-12-40(13-11-39)34-69-55(73)67(36-50(60)72)53(63-69)70-37-57(27-26-42-8-4-5-9-49(42)57)52(62-70)44-18-22-46(59)23-19-44/h1-9,14-25,39-40,48H,10-13,26-37H2,(H2,60,72)/t39?,40?,48-,57+/m0/s1. The number of nitrogens with zero attached hydrogens (tertiary/aromatic N) is 11. The van der Waals surface area contributed by atoms with Crippen LogP contribution in [0, 0.1) is 11.8 Å². The van der Waals surface area contributed by atoms with E-state index in [0.29, 0.717) is 47.9 Å². The number of ether oxygens (including phenoxy) is 1. The third-order valence-corrected chi connectivity index (χ3v) is 16.4. The van der Waals surface area contributed by atoms with E-state index in [-0.39, 0.29) is 35.9 Å². The number of halogens is 2. The van der Waals surface area contributed by atoms with Gasteiger partial charge in [-0.15, -0.1) is 10.2 Å². The molecule has 5 aliphatic rings. The highest BCUT2D eigenvalue weighted by molar-refractivity contribution is 6.31. The van der Waals surface area contributed by atoms with Gasteiger partial charge in [0.05, 0.1) is 48.8 Å². The molecule has 7 aromatic rings. The molecule has 1 spiro atoms. The lowest BCUT2D eigenvalue weighted by molar-refractivity contribution is -0.118. The molecule has 384 valence electrons. The molecule has 18 heteroatoms. The van der Waals surface area contributed by atoms with Crippen LogP contribution in [-0.4, -0.2) is 90.3 Å². The van der Waals surface area contributed by atoms with Gasteiger partial charge in [0.1, 0.15) is 6.54 Å². The number of carbonyl (C=O) groups excluding carboxylic acids is 1. The Morgan fingerprint density at radius 2 is 1.35 bits per heavy atom. The first-order valence-corrected chi connectivity index (χ1v) is 26.8. The molecule has 1 amide bonds. The largest absolute Gasteiger partial charge is 0.379 e. The maximum absolute atomic E-state index is 14.8. The summed E-state index contributed by atoms with van der Waals surface area (Å²) in [5.41, 5.74) is 13.7.